The Balaban J connectivity index is 1.45. The number of benzene rings is 2. The summed E-state index contributed by atoms with van der Waals surface area (Å²) in [6.07, 6.45) is 2.80. The fourth-order valence-electron chi connectivity index (χ4n) is 5.51. The summed E-state index contributed by atoms with van der Waals surface area (Å²) in [5, 5.41) is 9.65. The van der Waals surface area contributed by atoms with Crippen LogP contribution in [0, 0.1) is 11.2 Å². The second kappa shape index (κ2) is 9.92. The fourth-order valence-corrected chi connectivity index (χ4v) is 5.51. The summed E-state index contributed by atoms with van der Waals surface area (Å²) < 4.78 is 13.6. The number of hydrogen-bond donors (Lipinski definition) is 3. The van der Waals surface area contributed by atoms with Crippen molar-refractivity contribution >= 4 is 34.3 Å². The van der Waals surface area contributed by atoms with Crippen LogP contribution in [-0.2, 0) is 27.2 Å². The van der Waals surface area contributed by atoms with Crippen LogP contribution in [0.2, 0.25) is 0 Å². The smallest absolute Gasteiger partial charge is 0.256 e. The number of carbonyl (C=O) groups is 3. The van der Waals surface area contributed by atoms with Gasteiger partial charge in [-0.25, -0.2) is 9.40 Å². The molecular formula is C29H33FN6O3. The molecule has 4 N–H and O–H groups in total. The number of H-pyrrole nitrogens is 1. The minimum Gasteiger partial charge on any atom is -0.361 e. The summed E-state index contributed by atoms with van der Waals surface area (Å²) >= 11 is 0. The van der Waals surface area contributed by atoms with Gasteiger partial charge in [-0.1, -0.05) is 30.3 Å². The van der Waals surface area contributed by atoms with E-state index in [9.17, 15) is 18.8 Å². The molecule has 2 aliphatic rings. The highest BCUT2D eigenvalue weighted by atomic mass is 19.1. The quantitative estimate of drug-likeness (QED) is 0.432. The van der Waals surface area contributed by atoms with Crippen molar-refractivity contribution in [3.8, 4) is 0 Å². The van der Waals surface area contributed by atoms with E-state index in [0.29, 0.717) is 18.7 Å². The topological polar surface area (TPSA) is 124 Å². The fraction of sp³-hybridized carbons (Fsp3) is 0.379. The van der Waals surface area contributed by atoms with E-state index in [2.05, 4.69) is 15.4 Å². The Morgan fingerprint density at radius 2 is 1.92 bits per heavy atom. The lowest BCUT2D eigenvalue weighted by Crippen LogP contribution is -2.61. The summed E-state index contributed by atoms with van der Waals surface area (Å²) in [4.78, 5) is 45.4. The molecule has 5 rings (SSSR count). The van der Waals surface area contributed by atoms with E-state index in [1.54, 1.807) is 37.9 Å². The van der Waals surface area contributed by atoms with Gasteiger partial charge in [-0.15, -0.1) is 0 Å². The van der Waals surface area contributed by atoms with E-state index in [1.165, 1.54) is 17.1 Å². The molecule has 0 saturated carbocycles. The van der Waals surface area contributed by atoms with Gasteiger partial charge in [0.1, 0.15) is 17.3 Å². The largest absolute Gasteiger partial charge is 0.361 e. The van der Waals surface area contributed by atoms with E-state index in [1.807, 2.05) is 30.5 Å². The van der Waals surface area contributed by atoms with Crippen molar-refractivity contribution in [2.75, 3.05) is 20.1 Å². The van der Waals surface area contributed by atoms with Crippen LogP contribution in [0.1, 0.15) is 31.4 Å². The monoisotopic (exact) mass is 532 g/mol. The van der Waals surface area contributed by atoms with Crippen LogP contribution in [0.15, 0.2) is 59.8 Å². The Bertz CT molecular complexity index is 1460. The lowest BCUT2D eigenvalue weighted by Gasteiger charge is -2.41. The molecule has 9 nitrogen and oxygen atoms in total. The van der Waals surface area contributed by atoms with Crippen molar-refractivity contribution in [1.82, 2.24) is 20.2 Å². The Morgan fingerprint density at radius 3 is 2.64 bits per heavy atom. The molecule has 204 valence electrons. The summed E-state index contributed by atoms with van der Waals surface area (Å²) in [7, 11) is 1.61. The molecule has 0 aliphatic carbocycles. The highest BCUT2D eigenvalue weighted by molar-refractivity contribution is 6.13. The van der Waals surface area contributed by atoms with Crippen molar-refractivity contribution in [1.29, 1.82) is 0 Å². The zero-order valence-corrected chi connectivity index (χ0v) is 22.3. The predicted octanol–water partition coefficient (Wildman–Crippen LogP) is 2.36. The van der Waals surface area contributed by atoms with Crippen LogP contribution in [0.4, 0.5) is 4.39 Å². The zero-order chi connectivity index (χ0) is 27.9. The van der Waals surface area contributed by atoms with E-state index >= 15 is 0 Å². The highest BCUT2D eigenvalue weighted by Crippen LogP contribution is 2.38. The first-order valence-corrected chi connectivity index (χ1v) is 13.0. The number of carbonyl (C=O) groups excluding carboxylic acids is 3. The summed E-state index contributed by atoms with van der Waals surface area (Å²) in [6.45, 7) is 3.64. The number of likely N-dealkylation sites (tertiary alicyclic amines) is 1. The summed E-state index contributed by atoms with van der Waals surface area (Å²) in [6, 6.07) is 12.9. The van der Waals surface area contributed by atoms with Crippen molar-refractivity contribution in [3.63, 3.8) is 0 Å². The minimum atomic E-state index is -1.19. The molecule has 1 aromatic heterocycles. The molecule has 10 heteroatoms. The third-order valence-electron chi connectivity index (χ3n) is 7.62. The first-order chi connectivity index (χ1) is 18.5. The van der Waals surface area contributed by atoms with Gasteiger partial charge in [0, 0.05) is 50.1 Å². The molecule has 1 saturated heterocycles. The number of halogens is 1. The number of piperidine rings is 1. The van der Waals surface area contributed by atoms with E-state index in [4.69, 9.17) is 5.73 Å². The highest BCUT2D eigenvalue weighted by Gasteiger charge is 2.54. The van der Waals surface area contributed by atoms with Gasteiger partial charge in [-0.05, 0) is 49.6 Å². The first kappa shape index (κ1) is 26.6. The Hall–Kier alpha value is -4.05. The number of nitrogens with zero attached hydrogens (tertiary/aromatic N) is 3. The van der Waals surface area contributed by atoms with Gasteiger partial charge < -0.3 is 20.9 Å². The normalized spacial score (nSPS) is 20.1. The lowest BCUT2D eigenvalue weighted by atomic mass is 9.73. The molecule has 3 heterocycles. The molecule has 2 aliphatic heterocycles. The number of fused-ring (bicyclic) bond motifs is 2. The molecular weight excluding hydrogens is 499 g/mol. The van der Waals surface area contributed by atoms with Gasteiger partial charge in [0.15, 0.2) is 0 Å². The van der Waals surface area contributed by atoms with E-state index in [-0.39, 0.29) is 37.0 Å². The third kappa shape index (κ3) is 5.04. The Morgan fingerprint density at radius 1 is 1.21 bits per heavy atom. The minimum absolute atomic E-state index is 0.109. The maximum Gasteiger partial charge on any atom is 0.256 e. The number of nitrogens with one attached hydrogen (secondary N) is 2. The Kier molecular flexibility index (Phi) is 6.76. The Labute approximate surface area is 226 Å². The second-order valence-electron chi connectivity index (χ2n) is 11.1. The van der Waals surface area contributed by atoms with Crippen molar-refractivity contribution in [2.24, 2.45) is 16.3 Å². The summed E-state index contributed by atoms with van der Waals surface area (Å²) in [5.74, 6) is -1.31. The number of aromatic amines is 1. The first-order valence-electron chi connectivity index (χ1n) is 13.0. The van der Waals surface area contributed by atoms with Gasteiger partial charge >= 0.3 is 0 Å². The van der Waals surface area contributed by atoms with Crippen molar-refractivity contribution in [2.45, 2.75) is 44.7 Å². The molecule has 3 amide bonds. The lowest BCUT2D eigenvalue weighted by molar-refractivity contribution is -0.142. The number of hydrazone groups is 1. The molecule has 0 spiro atoms. The van der Waals surface area contributed by atoms with Crippen LogP contribution < -0.4 is 11.1 Å². The molecule has 0 bridgehead atoms. The molecule has 0 radical (unpaired) electrons. The molecule has 39 heavy (non-hydrogen) atoms. The SMILES string of the molecule is CN1N=C2CCN(C(=O)[C@@H](Cc3c[nH]c4ccccc34)NC(=O)C(C)(C)N)CC2(Cc2ccc(F)cc2)C1=O. The predicted molar refractivity (Wildman–Crippen MR) is 146 cm³/mol. The number of rotatable bonds is 7. The average molecular weight is 533 g/mol. The number of amides is 3. The number of para-hydroxylation sites is 1. The van der Waals surface area contributed by atoms with Crippen LogP contribution in [0.3, 0.4) is 0 Å². The van der Waals surface area contributed by atoms with Crippen molar-refractivity contribution in [3.05, 3.63) is 71.7 Å². The van der Waals surface area contributed by atoms with Crippen LogP contribution in [0.5, 0.6) is 0 Å². The van der Waals surface area contributed by atoms with Crippen LogP contribution >= 0.6 is 0 Å². The average Bonchev–Trinajstić information content (AvgIpc) is 3.42. The summed E-state index contributed by atoms with van der Waals surface area (Å²) in [5.41, 5.74) is 7.12. The molecule has 1 fully saturated rings. The second-order valence-corrected chi connectivity index (χ2v) is 11.1. The van der Waals surface area contributed by atoms with Gasteiger partial charge in [0.2, 0.25) is 11.8 Å². The van der Waals surface area contributed by atoms with Crippen LogP contribution in [-0.4, -0.2) is 70.0 Å². The molecule has 2 aromatic carbocycles. The van der Waals surface area contributed by atoms with Gasteiger partial charge in [-0.3, -0.25) is 14.4 Å². The van der Waals surface area contributed by atoms with Gasteiger partial charge in [0.25, 0.3) is 5.91 Å². The van der Waals surface area contributed by atoms with Gasteiger partial charge in [0.05, 0.1) is 11.3 Å². The molecule has 2 atom stereocenters. The number of nitrogens with two attached hydrogens (primary N) is 1. The number of hydrogen-bond acceptors (Lipinski definition) is 5. The van der Waals surface area contributed by atoms with Crippen LogP contribution in [0.25, 0.3) is 10.9 Å². The van der Waals surface area contributed by atoms with Crippen molar-refractivity contribution < 1.29 is 18.8 Å². The standard InChI is InChI=1S/C29H33FN6O3/c1-28(2,31)26(38)33-23(14-19-16-32-22-7-5-4-6-21(19)22)25(37)36-13-12-24-29(17-36,27(39)35(3)34-24)15-18-8-10-20(30)11-9-18/h4-11,16,23,32H,12-15,17,31H2,1-3H3,(H,33,38)/t23-,29?/m1/s1. The van der Waals surface area contributed by atoms with E-state index < -0.39 is 22.9 Å². The number of aromatic nitrogens is 1. The maximum absolute atomic E-state index is 14.1. The zero-order valence-electron chi connectivity index (χ0n) is 22.3. The third-order valence-corrected chi connectivity index (χ3v) is 7.62. The maximum atomic E-state index is 14.1. The van der Waals surface area contributed by atoms with Gasteiger partial charge in [-0.2, -0.15) is 5.10 Å². The van der Waals surface area contributed by atoms with E-state index in [0.717, 1.165) is 22.0 Å². The molecule has 3 aromatic rings. The molecule has 1 unspecified atom stereocenters.